The van der Waals surface area contributed by atoms with Crippen LogP contribution in [0.2, 0.25) is 0 Å². The van der Waals surface area contributed by atoms with Gasteiger partial charge in [-0.25, -0.2) is 4.39 Å². The number of halogens is 1. The number of hydrogen-bond acceptors (Lipinski definition) is 3. The predicted molar refractivity (Wildman–Crippen MR) is 68.7 cm³/mol. The van der Waals surface area contributed by atoms with Gasteiger partial charge in [-0.05, 0) is 25.0 Å². The number of aliphatic hydroxyl groups is 1. The number of carbonyl (C=O) groups excluding carboxylic acids is 1. The SMILES string of the molecule is COc1ccc(C(=O)NCC2(O)CCCC2)c(F)c1. The van der Waals surface area contributed by atoms with Gasteiger partial charge in [0.1, 0.15) is 11.6 Å². The van der Waals surface area contributed by atoms with Gasteiger partial charge in [0.2, 0.25) is 0 Å². The Hall–Kier alpha value is -1.62. The molecule has 0 atom stereocenters. The van der Waals surface area contributed by atoms with Crippen molar-refractivity contribution in [3.63, 3.8) is 0 Å². The van der Waals surface area contributed by atoms with Gasteiger partial charge in [-0.15, -0.1) is 0 Å². The molecule has 2 N–H and O–H groups in total. The molecule has 0 aromatic heterocycles. The standard InChI is InChI=1S/C14H18FNO3/c1-19-10-4-5-11(12(15)8-10)13(17)16-9-14(18)6-2-3-7-14/h4-5,8,18H,2-3,6-7,9H2,1H3,(H,16,17). The van der Waals surface area contributed by atoms with E-state index in [4.69, 9.17) is 4.74 Å². The normalized spacial score (nSPS) is 17.2. The van der Waals surface area contributed by atoms with Crippen molar-refractivity contribution in [1.29, 1.82) is 0 Å². The molecule has 1 aliphatic carbocycles. The third kappa shape index (κ3) is 3.23. The third-order valence-electron chi connectivity index (χ3n) is 3.53. The maximum atomic E-state index is 13.7. The van der Waals surface area contributed by atoms with Crippen molar-refractivity contribution in [2.24, 2.45) is 0 Å². The lowest BCUT2D eigenvalue weighted by Gasteiger charge is -2.22. The van der Waals surface area contributed by atoms with E-state index in [9.17, 15) is 14.3 Å². The van der Waals surface area contributed by atoms with Crippen LogP contribution in [0.3, 0.4) is 0 Å². The molecular formula is C14H18FNO3. The van der Waals surface area contributed by atoms with Gasteiger partial charge in [-0.3, -0.25) is 4.79 Å². The average Bonchev–Trinajstić information content (AvgIpc) is 2.83. The number of nitrogens with one attached hydrogen (secondary N) is 1. The number of amides is 1. The molecule has 2 rings (SSSR count). The summed E-state index contributed by atoms with van der Waals surface area (Å²) in [7, 11) is 1.43. The van der Waals surface area contributed by atoms with Crippen molar-refractivity contribution in [3.8, 4) is 5.75 Å². The van der Waals surface area contributed by atoms with Crippen molar-refractivity contribution in [2.75, 3.05) is 13.7 Å². The average molecular weight is 267 g/mol. The number of ether oxygens (including phenoxy) is 1. The molecule has 0 radical (unpaired) electrons. The summed E-state index contributed by atoms with van der Waals surface area (Å²) in [5.74, 6) is -0.779. The molecule has 1 aromatic carbocycles. The van der Waals surface area contributed by atoms with Crippen molar-refractivity contribution in [3.05, 3.63) is 29.6 Å². The van der Waals surface area contributed by atoms with Gasteiger partial charge in [-0.2, -0.15) is 0 Å². The molecule has 4 nitrogen and oxygen atoms in total. The lowest BCUT2D eigenvalue weighted by atomic mass is 10.0. The number of hydrogen-bond donors (Lipinski definition) is 2. The Bertz CT molecular complexity index is 470. The largest absolute Gasteiger partial charge is 0.497 e. The summed E-state index contributed by atoms with van der Waals surface area (Å²) in [5.41, 5.74) is -0.874. The Morgan fingerprint density at radius 2 is 2.16 bits per heavy atom. The van der Waals surface area contributed by atoms with Crippen LogP contribution in [0.15, 0.2) is 18.2 Å². The molecule has 1 amide bonds. The minimum Gasteiger partial charge on any atom is -0.497 e. The second kappa shape index (κ2) is 5.57. The van der Waals surface area contributed by atoms with Crippen LogP contribution < -0.4 is 10.1 Å². The first-order valence-corrected chi connectivity index (χ1v) is 6.38. The smallest absolute Gasteiger partial charge is 0.254 e. The monoisotopic (exact) mass is 267 g/mol. The van der Waals surface area contributed by atoms with Crippen LogP contribution in [0, 0.1) is 5.82 Å². The summed E-state index contributed by atoms with van der Waals surface area (Å²) >= 11 is 0. The molecule has 19 heavy (non-hydrogen) atoms. The Morgan fingerprint density at radius 1 is 1.47 bits per heavy atom. The van der Waals surface area contributed by atoms with E-state index in [2.05, 4.69) is 5.32 Å². The van der Waals surface area contributed by atoms with Crippen LogP contribution in [0.1, 0.15) is 36.0 Å². The number of carbonyl (C=O) groups is 1. The molecule has 0 unspecified atom stereocenters. The highest BCUT2D eigenvalue weighted by atomic mass is 19.1. The molecule has 0 heterocycles. The first-order valence-electron chi connectivity index (χ1n) is 6.38. The molecule has 0 bridgehead atoms. The zero-order valence-electron chi connectivity index (χ0n) is 10.9. The van der Waals surface area contributed by atoms with Gasteiger partial charge in [0.05, 0.1) is 18.3 Å². The van der Waals surface area contributed by atoms with E-state index in [1.54, 1.807) is 0 Å². The molecule has 1 aliphatic rings. The predicted octanol–water partition coefficient (Wildman–Crippen LogP) is 1.87. The second-order valence-electron chi connectivity index (χ2n) is 4.96. The Balaban J connectivity index is 2.00. The maximum Gasteiger partial charge on any atom is 0.254 e. The van der Waals surface area contributed by atoms with Crippen LogP contribution in [0.4, 0.5) is 4.39 Å². The molecule has 1 fully saturated rings. The quantitative estimate of drug-likeness (QED) is 0.875. The molecular weight excluding hydrogens is 249 g/mol. The van der Waals surface area contributed by atoms with Crippen molar-refractivity contribution >= 4 is 5.91 Å². The van der Waals surface area contributed by atoms with Gasteiger partial charge in [0, 0.05) is 12.6 Å². The van der Waals surface area contributed by atoms with Crippen molar-refractivity contribution < 1.29 is 19.0 Å². The number of benzene rings is 1. The zero-order chi connectivity index (χ0) is 13.9. The molecule has 5 heteroatoms. The van der Waals surface area contributed by atoms with Crippen molar-refractivity contribution in [1.82, 2.24) is 5.32 Å². The van der Waals surface area contributed by atoms with E-state index in [0.29, 0.717) is 18.6 Å². The second-order valence-corrected chi connectivity index (χ2v) is 4.96. The first-order chi connectivity index (χ1) is 9.04. The van der Waals surface area contributed by atoms with Gasteiger partial charge in [0.15, 0.2) is 0 Å². The zero-order valence-corrected chi connectivity index (χ0v) is 10.9. The molecule has 0 saturated heterocycles. The van der Waals surface area contributed by atoms with E-state index in [0.717, 1.165) is 12.8 Å². The molecule has 0 aliphatic heterocycles. The fourth-order valence-electron chi connectivity index (χ4n) is 2.36. The summed E-state index contributed by atoms with van der Waals surface area (Å²) in [4.78, 5) is 11.9. The third-order valence-corrected chi connectivity index (χ3v) is 3.53. The van der Waals surface area contributed by atoms with Gasteiger partial charge >= 0.3 is 0 Å². The van der Waals surface area contributed by atoms with E-state index < -0.39 is 17.3 Å². The van der Waals surface area contributed by atoms with Crippen LogP contribution in [0.5, 0.6) is 5.75 Å². The van der Waals surface area contributed by atoms with Gasteiger partial charge < -0.3 is 15.2 Å². The fraction of sp³-hybridized carbons (Fsp3) is 0.500. The highest BCUT2D eigenvalue weighted by Crippen LogP contribution is 2.28. The summed E-state index contributed by atoms with van der Waals surface area (Å²) in [6.07, 6.45) is 3.28. The molecule has 1 saturated carbocycles. The minimum absolute atomic E-state index is 0.0394. The lowest BCUT2D eigenvalue weighted by molar-refractivity contribution is 0.0448. The summed E-state index contributed by atoms with van der Waals surface area (Å²) < 4.78 is 18.6. The topological polar surface area (TPSA) is 58.6 Å². The van der Waals surface area contributed by atoms with Crippen molar-refractivity contribution in [2.45, 2.75) is 31.3 Å². The highest BCUT2D eigenvalue weighted by Gasteiger charge is 2.31. The van der Waals surface area contributed by atoms with Crippen LogP contribution in [0.25, 0.3) is 0 Å². The minimum atomic E-state index is -0.835. The number of methoxy groups -OCH3 is 1. The summed E-state index contributed by atoms with van der Waals surface area (Å²) in [6, 6.07) is 4.07. The molecule has 104 valence electrons. The fourth-order valence-corrected chi connectivity index (χ4v) is 2.36. The Labute approximate surface area is 111 Å². The Kier molecular flexibility index (Phi) is 4.04. The van der Waals surface area contributed by atoms with Crippen LogP contribution >= 0.6 is 0 Å². The molecule has 0 spiro atoms. The lowest BCUT2D eigenvalue weighted by Crippen LogP contribution is -2.41. The molecule has 1 aromatic rings. The Morgan fingerprint density at radius 3 is 2.74 bits per heavy atom. The summed E-state index contributed by atoms with van der Waals surface area (Å²) in [6.45, 7) is 0.164. The van der Waals surface area contributed by atoms with E-state index in [1.807, 2.05) is 0 Å². The van der Waals surface area contributed by atoms with Crippen LogP contribution in [-0.4, -0.2) is 30.3 Å². The van der Waals surface area contributed by atoms with Gasteiger partial charge in [-0.1, -0.05) is 12.8 Å². The van der Waals surface area contributed by atoms with E-state index in [-0.39, 0.29) is 12.1 Å². The van der Waals surface area contributed by atoms with Gasteiger partial charge in [0.25, 0.3) is 5.91 Å². The van der Waals surface area contributed by atoms with E-state index in [1.165, 1.54) is 25.3 Å². The first kappa shape index (κ1) is 13.8. The van der Waals surface area contributed by atoms with Crippen LogP contribution in [-0.2, 0) is 0 Å². The summed E-state index contributed by atoms with van der Waals surface area (Å²) in [5, 5.41) is 12.7. The number of rotatable bonds is 4. The van der Waals surface area contributed by atoms with E-state index >= 15 is 0 Å². The maximum absolute atomic E-state index is 13.7. The highest BCUT2D eigenvalue weighted by molar-refractivity contribution is 5.94.